The summed E-state index contributed by atoms with van der Waals surface area (Å²) in [6.45, 7) is 2.61. The number of piperazine rings is 1. The van der Waals surface area contributed by atoms with Crippen LogP contribution in [0.25, 0.3) is 0 Å². The molecule has 0 amide bonds. The van der Waals surface area contributed by atoms with Crippen molar-refractivity contribution in [3.8, 4) is 0 Å². The second-order valence-corrected chi connectivity index (χ2v) is 5.04. The van der Waals surface area contributed by atoms with Crippen LogP contribution in [-0.2, 0) is 0 Å². The van der Waals surface area contributed by atoms with Gasteiger partial charge in [0.15, 0.2) is 0 Å². The summed E-state index contributed by atoms with van der Waals surface area (Å²) in [4.78, 5) is 1.99. The summed E-state index contributed by atoms with van der Waals surface area (Å²) in [5, 5.41) is 3.20. The molecule has 1 heterocycles. The first-order valence-electron chi connectivity index (χ1n) is 5.68. The highest BCUT2D eigenvalue weighted by Gasteiger charge is 2.24. The molecule has 5 heteroatoms. The fourth-order valence-corrected chi connectivity index (χ4v) is 2.48. The molecule has 1 aromatic rings. The Balaban J connectivity index is 2.21. The number of rotatable bonds is 3. The molecule has 1 saturated heterocycles. The van der Waals surface area contributed by atoms with Crippen molar-refractivity contribution in [2.75, 3.05) is 32.9 Å². The van der Waals surface area contributed by atoms with Crippen molar-refractivity contribution in [1.82, 2.24) is 10.2 Å². The molecule has 94 valence electrons. The van der Waals surface area contributed by atoms with E-state index in [9.17, 15) is 8.78 Å². The van der Waals surface area contributed by atoms with Gasteiger partial charge in [-0.2, -0.15) is 0 Å². The molecule has 2 nitrogen and oxygen atoms in total. The number of nitrogens with zero attached hydrogens (tertiary/aromatic N) is 1. The molecular weight excluding hydrogens is 290 g/mol. The standard InChI is InChI=1S/C12H15BrF2N2/c13-9-1-2-10(11(15)7-9)12(8-14)17-5-3-16-4-6-17/h1-2,7,12,16H,3-6,8H2/t12-/m0/s1. The Morgan fingerprint density at radius 1 is 1.35 bits per heavy atom. The fraction of sp³-hybridized carbons (Fsp3) is 0.500. The van der Waals surface area contributed by atoms with Crippen LogP contribution in [0.15, 0.2) is 22.7 Å². The predicted octanol–water partition coefficient (Wildman–Crippen LogP) is 2.50. The van der Waals surface area contributed by atoms with Gasteiger partial charge in [0.2, 0.25) is 0 Å². The van der Waals surface area contributed by atoms with Crippen LogP contribution in [0.2, 0.25) is 0 Å². The molecule has 0 unspecified atom stereocenters. The van der Waals surface area contributed by atoms with Gasteiger partial charge in [-0.1, -0.05) is 22.0 Å². The third kappa shape index (κ3) is 3.03. The minimum Gasteiger partial charge on any atom is -0.314 e. The Morgan fingerprint density at radius 3 is 2.65 bits per heavy atom. The summed E-state index contributed by atoms with van der Waals surface area (Å²) < 4.78 is 27.6. The summed E-state index contributed by atoms with van der Waals surface area (Å²) >= 11 is 3.21. The molecule has 0 aliphatic carbocycles. The van der Waals surface area contributed by atoms with Gasteiger partial charge in [0, 0.05) is 36.2 Å². The zero-order chi connectivity index (χ0) is 12.3. The zero-order valence-electron chi connectivity index (χ0n) is 9.43. The van der Waals surface area contributed by atoms with E-state index in [1.807, 2.05) is 4.90 Å². The highest BCUT2D eigenvalue weighted by Crippen LogP contribution is 2.26. The Labute approximate surface area is 108 Å². The van der Waals surface area contributed by atoms with E-state index >= 15 is 0 Å². The highest BCUT2D eigenvalue weighted by atomic mass is 79.9. The van der Waals surface area contributed by atoms with Gasteiger partial charge in [0.05, 0.1) is 6.04 Å². The van der Waals surface area contributed by atoms with Crippen molar-refractivity contribution in [2.45, 2.75) is 6.04 Å². The van der Waals surface area contributed by atoms with Crippen molar-refractivity contribution >= 4 is 15.9 Å². The summed E-state index contributed by atoms with van der Waals surface area (Å²) in [5.74, 6) is -0.347. The Bertz CT molecular complexity index is 381. The minimum absolute atomic E-state index is 0.347. The quantitative estimate of drug-likeness (QED) is 0.923. The summed E-state index contributed by atoms with van der Waals surface area (Å²) in [6.07, 6.45) is 0. The Kier molecular flexibility index (Phi) is 4.48. The molecule has 0 aromatic heterocycles. The SMILES string of the molecule is FC[C@@H](c1ccc(Br)cc1F)N1CCNCC1. The first kappa shape index (κ1) is 12.9. The molecule has 0 bridgehead atoms. The molecule has 1 aliphatic rings. The van der Waals surface area contributed by atoms with Crippen LogP contribution < -0.4 is 5.32 Å². The van der Waals surface area contributed by atoms with Crippen molar-refractivity contribution in [2.24, 2.45) is 0 Å². The van der Waals surface area contributed by atoms with Crippen LogP contribution in [0.4, 0.5) is 8.78 Å². The molecule has 0 radical (unpaired) electrons. The zero-order valence-corrected chi connectivity index (χ0v) is 11.0. The average molecular weight is 305 g/mol. The van der Waals surface area contributed by atoms with Gasteiger partial charge < -0.3 is 5.32 Å². The molecule has 1 aromatic carbocycles. The molecule has 2 rings (SSSR count). The van der Waals surface area contributed by atoms with E-state index in [4.69, 9.17) is 0 Å². The number of hydrogen-bond acceptors (Lipinski definition) is 2. The fourth-order valence-electron chi connectivity index (χ4n) is 2.14. The summed E-state index contributed by atoms with van der Waals surface area (Å²) in [6, 6.07) is 4.33. The van der Waals surface area contributed by atoms with E-state index in [1.54, 1.807) is 12.1 Å². The van der Waals surface area contributed by atoms with Crippen LogP contribution in [0, 0.1) is 5.82 Å². The molecule has 1 N–H and O–H groups in total. The van der Waals surface area contributed by atoms with Gasteiger partial charge >= 0.3 is 0 Å². The number of benzene rings is 1. The monoisotopic (exact) mass is 304 g/mol. The topological polar surface area (TPSA) is 15.3 Å². The number of halogens is 3. The Hall–Kier alpha value is -0.520. The van der Waals surface area contributed by atoms with E-state index < -0.39 is 12.7 Å². The maximum atomic E-state index is 13.8. The summed E-state index contributed by atoms with van der Waals surface area (Å²) in [5.41, 5.74) is 0.442. The van der Waals surface area contributed by atoms with Gasteiger partial charge in [-0.05, 0) is 12.1 Å². The van der Waals surface area contributed by atoms with E-state index in [0.717, 1.165) is 26.2 Å². The molecule has 1 atom stereocenters. The van der Waals surface area contributed by atoms with E-state index in [0.29, 0.717) is 10.0 Å². The number of nitrogens with one attached hydrogen (secondary N) is 1. The third-order valence-electron chi connectivity index (χ3n) is 3.06. The lowest BCUT2D eigenvalue weighted by atomic mass is 10.1. The van der Waals surface area contributed by atoms with Crippen molar-refractivity contribution < 1.29 is 8.78 Å². The van der Waals surface area contributed by atoms with Gasteiger partial charge in [0.25, 0.3) is 0 Å². The van der Waals surface area contributed by atoms with E-state index in [1.165, 1.54) is 6.07 Å². The molecule has 1 aliphatic heterocycles. The first-order valence-corrected chi connectivity index (χ1v) is 6.47. The van der Waals surface area contributed by atoms with Crippen LogP contribution in [0.5, 0.6) is 0 Å². The maximum Gasteiger partial charge on any atom is 0.129 e. The largest absolute Gasteiger partial charge is 0.314 e. The van der Waals surface area contributed by atoms with Gasteiger partial charge in [-0.25, -0.2) is 8.78 Å². The minimum atomic E-state index is -0.557. The molecule has 1 fully saturated rings. The third-order valence-corrected chi connectivity index (χ3v) is 3.55. The Morgan fingerprint density at radius 2 is 2.06 bits per heavy atom. The second kappa shape index (κ2) is 5.89. The molecule has 0 saturated carbocycles. The molecule has 0 spiro atoms. The maximum absolute atomic E-state index is 13.8. The average Bonchev–Trinajstić information content (AvgIpc) is 2.34. The lowest BCUT2D eigenvalue weighted by Gasteiger charge is -2.33. The summed E-state index contributed by atoms with van der Waals surface area (Å²) in [7, 11) is 0. The van der Waals surface area contributed by atoms with Crippen molar-refractivity contribution in [3.63, 3.8) is 0 Å². The van der Waals surface area contributed by atoms with Crippen molar-refractivity contribution in [1.29, 1.82) is 0 Å². The van der Waals surface area contributed by atoms with E-state index in [-0.39, 0.29) is 5.82 Å². The molecular formula is C12H15BrF2N2. The van der Waals surface area contributed by atoms with Crippen LogP contribution in [-0.4, -0.2) is 37.8 Å². The number of hydrogen-bond donors (Lipinski definition) is 1. The van der Waals surface area contributed by atoms with Crippen LogP contribution >= 0.6 is 15.9 Å². The van der Waals surface area contributed by atoms with Crippen molar-refractivity contribution in [3.05, 3.63) is 34.1 Å². The van der Waals surface area contributed by atoms with E-state index in [2.05, 4.69) is 21.2 Å². The van der Waals surface area contributed by atoms with Gasteiger partial charge in [0.1, 0.15) is 12.5 Å². The second-order valence-electron chi connectivity index (χ2n) is 4.12. The highest BCUT2D eigenvalue weighted by molar-refractivity contribution is 9.10. The van der Waals surface area contributed by atoms with Gasteiger partial charge in [-0.15, -0.1) is 0 Å². The normalized spacial score (nSPS) is 19.2. The van der Waals surface area contributed by atoms with Gasteiger partial charge in [-0.3, -0.25) is 4.90 Å². The smallest absolute Gasteiger partial charge is 0.129 e. The molecule has 17 heavy (non-hydrogen) atoms. The lowest BCUT2D eigenvalue weighted by Crippen LogP contribution is -2.45. The lowest BCUT2D eigenvalue weighted by molar-refractivity contribution is 0.144. The number of alkyl halides is 1. The van der Waals surface area contributed by atoms with Crippen LogP contribution in [0.3, 0.4) is 0 Å². The first-order chi connectivity index (χ1) is 8.22. The predicted molar refractivity (Wildman–Crippen MR) is 67.3 cm³/mol. The van der Waals surface area contributed by atoms with Crippen LogP contribution in [0.1, 0.15) is 11.6 Å².